The van der Waals surface area contributed by atoms with E-state index < -0.39 is 0 Å². The summed E-state index contributed by atoms with van der Waals surface area (Å²) in [6, 6.07) is 4.20. The van der Waals surface area contributed by atoms with Crippen LogP contribution in [-0.2, 0) is 16.1 Å². The number of anilines is 1. The Bertz CT molecular complexity index is 688. The number of carbonyl (C=O) groups is 1. The molecule has 1 unspecified atom stereocenters. The van der Waals surface area contributed by atoms with Crippen molar-refractivity contribution in [2.75, 3.05) is 44.2 Å². The van der Waals surface area contributed by atoms with Crippen molar-refractivity contribution in [3.05, 3.63) is 23.9 Å². The molecular formula is C22H35N5O2. The van der Waals surface area contributed by atoms with E-state index in [1.807, 2.05) is 19.2 Å². The molecule has 0 bridgehead atoms. The van der Waals surface area contributed by atoms with Gasteiger partial charge in [0, 0.05) is 38.9 Å². The lowest BCUT2D eigenvalue weighted by atomic mass is 9.98. The predicted octanol–water partition coefficient (Wildman–Crippen LogP) is 2.81. The fourth-order valence-electron chi connectivity index (χ4n) is 4.07. The minimum Gasteiger partial charge on any atom is -0.466 e. The Morgan fingerprint density at radius 3 is 2.83 bits per heavy atom. The third-order valence-corrected chi connectivity index (χ3v) is 5.58. The van der Waals surface area contributed by atoms with Crippen LogP contribution in [0.3, 0.4) is 0 Å². The van der Waals surface area contributed by atoms with E-state index >= 15 is 0 Å². The number of aromatic nitrogens is 1. The molecule has 0 spiro atoms. The maximum atomic E-state index is 12.2. The smallest absolute Gasteiger partial charge is 0.310 e. The Labute approximate surface area is 174 Å². The Balaban J connectivity index is 1.66. The molecule has 7 nitrogen and oxygen atoms in total. The number of esters is 1. The molecule has 1 aromatic heterocycles. The number of pyridine rings is 1. The van der Waals surface area contributed by atoms with Gasteiger partial charge in [-0.3, -0.25) is 4.79 Å². The van der Waals surface area contributed by atoms with Gasteiger partial charge in [0.25, 0.3) is 0 Å². The van der Waals surface area contributed by atoms with E-state index in [-0.39, 0.29) is 11.9 Å². The third-order valence-electron chi connectivity index (χ3n) is 5.58. The molecule has 1 atom stereocenters. The first-order valence-electron chi connectivity index (χ1n) is 11.1. The molecule has 3 rings (SSSR count). The molecule has 2 aliphatic heterocycles. The minimum absolute atomic E-state index is 0.0702. The highest BCUT2D eigenvalue weighted by atomic mass is 16.5. The van der Waals surface area contributed by atoms with Crippen LogP contribution in [0.4, 0.5) is 5.82 Å². The van der Waals surface area contributed by atoms with Gasteiger partial charge in [-0.1, -0.05) is 0 Å². The zero-order valence-corrected chi connectivity index (χ0v) is 17.9. The van der Waals surface area contributed by atoms with Crippen molar-refractivity contribution in [1.29, 1.82) is 0 Å². The average Bonchev–Trinajstić information content (AvgIpc) is 2.78. The zero-order valence-electron chi connectivity index (χ0n) is 17.9. The summed E-state index contributed by atoms with van der Waals surface area (Å²) < 4.78 is 5.23. The van der Waals surface area contributed by atoms with Crippen LogP contribution < -0.4 is 10.2 Å². The van der Waals surface area contributed by atoms with Gasteiger partial charge in [0.05, 0.1) is 19.1 Å². The number of nitrogens with one attached hydrogen (secondary N) is 1. The number of guanidine groups is 1. The molecule has 7 heteroatoms. The van der Waals surface area contributed by atoms with Crippen LogP contribution in [0.5, 0.6) is 0 Å². The average molecular weight is 402 g/mol. The summed E-state index contributed by atoms with van der Waals surface area (Å²) in [5, 5.41) is 3.39. The van der Waals surface area contributed by atoms with Crippen molar-refractivity contribution >= 4 is 17.7 Å². The Morgan fingerprint density at radius 1 is 1.24 bits per heavy atom. The molecule has 1 N–H and O–H groups in total. The number of aliphatic imine (C=N–C) groups is 1. The molecule has 160 valence electrons. The summed E-state index contributed by atoms with van der Waals surface area (Å²) in [5.74, 6) is 1.77. The lowest BCUT2D eigenvalue weighted by Gasteiger charge is -2.34. The summed E-state index contributed by atoms with van der Waals surface area (Å²) in [4.78, 5) is 26.2. The molecule has 2 saturated heterocycles. The first kappa shape index (κ1) is 21.4. The lowest BCUT2D eigenvalue weighted by Crippen LogP contribution is -2.48. The number of likely N-dealkylation sites (tertiary alicyclic amines) is 1. The molecule has 2 aliphatic rings. The molecular weight excluding hydrogens is 366 g/mol. The Hall–Kier alpha value is -2.31. The molecule has 0 amide bonds. The Kier molecular flexibility index (Phi) is 8.14. The molecule has 1 aromatic rings. The summed E-state index contributed by atoms with van der Waals surface area (Å²) >= 11 is 0. The number of nitrogens with zero attached hydrogens (tertiary/aromatic N) is 4. The maximum absolute atomic E-state index is 12.2. The molecule has 2 fully saturated rings. The van der Waals surface area contributed by atoms with Crippen LogP contribution in [0.2, 0.25) is 0 Å². The lowest BCUT2D eigenvalue weighted by molar-refractivity contribution is -0.149. The summed E-state index contributed by atoms with van der Waals surface area (Å²) in [6.45, 7) is 9.53. The fraction of sp³-hybridized carbons (Fsp3) is 0.682. The van der Waals surface area contributed by atoms with Crippen molar-refractivity contribution in [3.8, 4) is 0 Å². The van der Waals surface area contributed by atoms with Gasteiger partial charge in [0.2, 0.25) is 0 Å². The van der Waals surface area contributed by atoms with E-state index in [1.165, 1.54) is 19.3 Å². The fourth-order valence-corrected chi connectivity index (χ4v) is 4.07. The number of hydrogen-bond donors (Lipinski definition) is 1. The highest BCUT2D eigenvalue weighted by Crippen LogP contribution is 2.20. The van der Waals surface area contributed by atoms with E-state index in [9.17, 15) is 4.79 Å². The molecule has 0 aliphatic carbocycles. The van der Waals surface area contributed by atoms with E-state index in [4.69, 9.17) is 9.73 Å². The normalized spacial score (nSPS) is 20.5. The molecule has 29 heavy (non-hydrogen) atoms. The number of hydrogen-bond acceptors (Lipinski definition) is 5. The second-order valence-corrected chi connectivity index (χ2v) is 7.78. The molecule has 0 radical (unpaired) electrons. The molecule has 3 heterocycles. The van der Waals surface area contributed by atoms with Gasteiger partial charge < -0.3 is 19.9 Å². The third kappa shape index (κ3) is 6.08. The monoisotopic (exact) mass is 401 g/mol. The first-order valence-corrected chi connectivity index (χ1v) is 11.1. The maximum Gasteiger partial charge on any atom is 0.310 e. The highest BCUT2D eigenvalue weighted by molar-refractivity contribution is 5.81. The number of carbonyl (C=O) groups excluding carboxylic acids is 1. The van der Waals surface area contributed by atoms with Crippen LogP contribution in [-0.4, -0.2) is 61.1 Å². The van der Waals surface area contributed by atoms with Crippen molar-refractivity contribution in [2.24, 2.45) is 10.9 Å². The van der Waals surface area contributed by atoms with Crippen molar-refractivity contribution in [2.45, 2.75) is 52.5 Å². The standard InChI is InChI=1S/C22H35N5O2/c1-3-23-22(27-14-8-9-19(17-27)21(28)29-4-2)25-16-18-10-11-24-20(15-18)26-12-6-5-7-13-26/h10-11,15,19H,3-9,12-14,16-17H2,1-2H3,(H,23,25). The van der Waals surface area contributed by atoms with Gasteiger partial charge in [0.15, 0.2) is 5.96 Å². The van der Waals surface area contributed by atoms with Crippen molar-refractivity contribution < 1.29 is 9.53 Å². The van der Waals surface area contributed by atoms with Gasteiger partial charge in [-0.2, -0.15) is 0 Å². The zero-order chi connectivity index (χ0) is 20.5. The van der Waals surface area contributed by atoms with Crippen LogP contribution in [0.1, 0.15) is 51.5 Å². The highest BCUT2D eigenvalue weighted by Gasteiger charge is 2.28. The topological polar surface area (TPSA) is 70.1 Å². The van der Waals surface area contributed by atoms with Gasteiger partial charge in [-0.25, -0.2) is 9.98 Å². The quantitative estimate of drug-likeness (QED) is 0.449. The Morgan fingerprint density at radius 2 is 2.07 bits per heavy atom. The number of rotatable bonds is 6. The minimum atomic E-state index is -0.0895. The molecule has 0 aromatic carbocycles. The summed E-state index contributed by atoms with van der Waals surface area (Å²) in [5.41, 5.74) is 1.16. The van der Waals surface area contributed by atoms with Crippen LogP contribution in [0, 0.1) is 5.92 Å². The van der Waals surface area contributed by atoms with Crippen LogP contribution in [0.15, 0.2) is 23.3 Å². The largest absolute Gasteiger partial charge is 0.466 e. The second kappa shape index (κ2) is 11.0. The van der Waals surface area contributed by atoms with Gasteiger partial charge in [0.1, 0.15) is 5.82 Å². The summed E-state index contributed by atoms with van der Waals surface area (Å²) in [6.07, 6.45) is 7.55. The number of piperidine rings is 2. The van der Waals surface area contributed by atoms with Crippen LogP contribution in [0.25, 0.3) is 0 Å². The van der Waals surface area contributed by atoms with Crippen LogP contribution >= 0.6 is 0 Å². The number of ether oxygens (including phenoxy) is 1. The van der Waals surface area contributed by atoms with Gasteiger partial charge in [-0.15, -0.1) is 0 Å². The molecule has 0 saturated carbocycles. The van der Waals surface area contributed by atoms with E-state index in [0.29, 0.717) is 19.7 Å². The second-order valence-electron chi connectivity index (χ2n) is 7.78. The van der Waals surface area contributed by atoms with E-state index in [1.54, 1.807) is 0 Å². The van der Waals surface area contributed by atoms with Crippen molar-refractivity contribution in [1.82, 2.24) is 15.2 Å². The predicted molar refractivity (Wildman–Crippen MR) is 116 cm³/mol. The van der Waals surface area contributed by atoms with Gasteiger partial charge >= 0.3 is 5.97 Å². The SMILES string of the molecule is CCNC(=NCc1ccnc(N2CCCCC2)c1)N1CCCC(C(=O)OCC)C1. The van der Waals surface area contributed by atoms with Crippen molar-refractivity contribution in [3.63, 3.8) is 0 Å². The summed E-state index contributed by atoms with van der Waals surface area (Å²) in [7, 11) is 0. The van der Waals surface area contributed by atoms with E-state index in [2.05, 4.69) is 33.1 Å². The first-order chi connectivity index (χ1) is 14.2. The van der Waals surface area contributed by atoms with Gasteiger partial charge in [-0.05, 0) is 63.6 Å². The van der Waals surface area contributed by atoms with E-state index in [0.717, 1.165) is 56.4 Å².